The van der Waals surface area contributed by atoms with Crippen molar-refractivity contribution in [3.05, 3.63) is 35.9 Å². The van der Waals surface area contributed by atoms with Gasteiger partial charge in [-0.15, -0.1) is 0 Å². The summed E-state index contributed by atoms with van der Waals surface area (Å²) in [7, 11) is 1.12. The van der Waals surface area contributed by atoms with Crippen LogP contribution in [0.1, 0.15) is 5.56 Å². The average Bonchev–Trinajstić information content (AvgIpc) is 2.49. The minimum atomic E-state index is -3.74. The Morgan fingerprint density at radius 3 is 2.57 bits per heavy atom. The molecule has 4 atom stereocenters. The molecule has 1 aromatic carbocycles. The maximum Gasteiger partial charge on any atom is 0.304 e. The molecule has 1 aliphatic rings. The van der Waals surface area contributed by atoms with Crippen LogP contribution < -0.4 is 0 Å². The van der Waals surface area contributed by atoms with Crippen LogP contribution in [0.25, 0.3) is 0 Å². The number of rotatable bonds is 5. The van der Waals surface area contributed by atoms with E-state index >= 15 is 0 Å². The number of hydrogen-bond donors (Lipinski definition) is 1. The van der Waals surface area contributed by atoms with Crippen LogP contribution in [-0.2, 0) is 20.8 Å². The van der Waals surface area contributed by atoms with Gasteiger partial charge in [0.2, 0.25) is 0 Å². The Bertz CT molecular complexity index is 443. The molecule has 2 rings (SSSR count). The number of halogens is 3. The largest absolute Gasteiger partial charge is 0.383 e. The van der Waals surface area contributed by atoms with Gasteiger partial charge >= 0.3 is 5.92 Å². The highest BCUT2D eigenvalue weighted by molar-refractivity contribution is 5.13. The van der Waals surface area contributed by atoms with Crippen LogP contribution in [0.3, 0.4) is 0 Å². The molecule has 0 saturated carbocycles. The molecule has 0 aliphatic carbocycles. The fraction of sp³-hybridized carbons (Fsp3) is 0.571. The summed E-state index contributed by atoms with van der Waals surface area (Å²) in [5, 5.41) is 9.35. The van der Waals surface area contributed by atoms with Crippen LogP contribution in [0, 0.1) is 0 Å². The number of aliphatic hydroxyl groups excluding tert-OH is 1. The van der Waals surface area contributed by atoms with E-state index in [2.05, 4.69) is 4.74 Å². The van der Waals surface area contributed by atoms with E-state index in [9.17, 15) is 18.3 Å². The molecule has 0 aromatic heterocycles. The van der Waals surface area contributed by atoms with Gasteiger partial charge in [0.15, 0.2) is 24.7 Å². The smallest absolute Gasteiger partial charge is 0.304 e. The standard InChI is InChI=1S/C14H17F3O4/c1-19-13-11(15)12(18)14(16,17)10(21-13)8-20-7-9-5-3-2-4-6-9/h2-6,10-13,18H,7-8H2,1H3/t10-,11-,12-,13-/m1/s1. The third kappa shape index (κ3) is 3.55. The minimum Gasteiger partial charge on any atom is -0.383 e. The molecular formula is C14H17F3O4. The first-order valence-corrected chi connectivity index (χ1v) is 6.46. The second-order valence-electron chi connectivity index (χ2n) is 4.79. The lowest BCUT2D eigenvalue weighted by atomic mass is 9.99. The van der Waals surface area contributed by atoms with E-state index in [1.54, 1.807) is 24.3 Å². The van der Waals surface area contributed by atoms with Crippen LogP contribution >= 0.6 is 0 Å². The fourth-order valence-electron chi connectivity index (χ4n) is 2.07. The van der Waals surface area contributed by atoms with Gasteiger partial charge in [0.1, 0.15) is 0 Å². The molecule has 7 heteroatoms. The molecule has 0 unspecified atom stereocenters. The van der Waals surface area contributed by atoms with Gasteiger partial charge in [-0.3, -0.25) is 0 Å². The van der Waals surface area contributed by atoms with Crippen LogP contribution in [-0.4, -0.2) is 49.4 Å². The lowest BCUT2D eigenvalue weighted by Crippen LogP contribution is -2.61. The fourth-order valence-corrected chi connectivity index (χ4v) is 2.07. The molecule has 118 valence electrons. The van der Waals surface area contributed by atoms with E-state index in [0.717, 1.165) is 12.7 Å². The third-order valence-corrected chi connectivity index (χ3v) is 3.30. The summed E-state index contributed by atoms with van der Waals surface area (Å²) >= 11 is 0. The van der Waals surface area contributed by atoms with Crippen molar-refractivity contribution in [3.63, 3.8) is 0 Å². The Labute approximate surface area is 120 Å². The topological polar surface area (TPSA) is 47.9 Å². The van der Waals surface area contributed by atoms with Crippen molar-refractivity contribution in [3.8, 4) is 0 Å². The zero-order valence-electron chi connectivity index (χ0n) is 11.4. The molecule has 4 nitrogen and oxygen atoms in total. The first-order chi connectivity index (χ1) is 9.96. The maximum atomic E-state index is 13.8. The van der Waals surface area contributed by atoms with Crippen molar-refractivity contribution < 1.29 is 32.5 Å². The van der Waals surface area contributed by atoms with Crippen LogP contribution in [0.5, 0.6) is 0 Å². The van der Waals surface area contributed by atoms with Gasteiger partial charge in [0.25, 0.3) is 0 Å². The summed E-state index contributed by atoms with van der Waals surface area (Å²) in [6.45, 7) is -0.366. The number of alkyl halides is 3. The van der Waals surface area contributed by atoms with E-state index in [4.69, 9.17) is 9.47 Å². The highest BCUT2D eigenvalue weighted by Crippen LogP contribution is 2.36. The normalized spacial score (nSPS) is 32.0. The minimum absolute atomic E-state index is 0.115. The van der Waals surface area contributed by atoms with Crippen LogP contribution in [0.15, 0.2) is 30.3 Å². The summed E-state index contributed by atoms with van der Waals surface area (Å²) in [4.78, 5) is 0. The van der Waals surface area contributed by atoms with Crippen LogP contribution in [0.2, 0.25) is 0 Å². The van der Waals surface area contributed by atoms with Crippen molar-refractivity contribution in [2.24, 2.45) is 0 Å². The summed E-state index contributed by atoms with van der Waals surface area (Å²) in [6, 6.07) is 8.98. The van der Waals surface area contributed by atoms with Crippen molar-refractivity contribution in [2.45, 2.75) is 37.2 Å². The van der Waals surface area contributed by atoms with E-state index in [0.29, 0.717) is 0 Å². The molecule has 0 spiro atoms. The van der Waals surface area contributed by atoms with Crippen molar-refractivity contribution in [1.82, 2.24) is 0 Å². The first kappa shape index (κ1) is 16.2. The number of ether oxygens (including phenoxy) is 3. The lowest BCUT2D eigenvalue weighted by Gasteiger charge is -2.40. The second-order valence-corrected chi connectivity index (χ2v) is 4.79. The molecule has 0 radical (unpaired) electrons. The number of methoxy groups -OCH3 is 1. The van der Waals surface area contributed by atoms with Crippen LogP contribution in [0.4, 0.5) is 13.2 Å². The predicted octanol–water partition coefficient (Wildman–Crippen LogP) is 1.91. The molecule has 0 amide bonds. The number of benzene rings is 1. The zero-order chi connectivity index (χ0) is 15.5. The molecule has 1 aliphatic heterocycles. The van der Waals surface area contributed by atoms with Gasteiger partial charge in [-0.05, 0) is 5.56 Å². The molecule has 1 heterocycles. The van der Waals surface area contributed by atoms with Gasteiger partial charge in [-0.2, -0.15) is 0 Å². The molecule has 1 fully saturated rings. The van der Waals surface area contributed by atoms with Gasteiger partial charge in [-0.1, -0.05) is 30.3 Å². The number of aliphatic hydroxyl groups is 1. The monoisotopic (exact) mass is 306 g/mol. The Morgan fingerprint density at radius 1 is 1.29 bits per heavy atom. The summed E-state index contributed by atoms with van der Waals surface area (Å²) in [5.41, 5.74) is 0.809. The van der Waals surface area contributed by atoms with Gasteiger partial charge in [-0.25, -0.2) is 13.2 Å². The first-order valence-electron chi connectivity index (χ1n) is 6.46. The van der Waals surface area contributed by atoms with Crippen molar-refractivity contribution in [1.29, 1.82) is 0 Å². The Kier molecular flexibility index (Phi) is 5.21. The van der Waals surface area contributed by atoms with Gasteiger partial charge < -0.3 is 19.3 Å². The average molecular weight is 306 g/mol. The lowest BCUT2D eigenvalue weighted by molar-refractivity contribution is -0.330. The van der Waals surface area contributed by atoms with E-state index in [1.165, 1.54) is 0 Å². The molecule has 0 bridgehead atoms. The quantitative estimate of drug-likeness (QED) is 0.903. The van der Waals surface area contributed by atoms with E-state index < -0.39 is 37.2 Å². The second kappa shape index (κ2) is 6.74. The molecule has 1 aromatic rings. The Morgan fingerprint density at radius 2 is 1.95 bits per heavy atom. The predicted molar refractivity (Wildman–Crippen MR) is 67.6 cm³/mol. The maximum absolute atomic E-state index is 13.8. The Balaban J connectivity index is 1.94. The van der Waals surface area contributed by atoms with E-state index in [-0.39, 0.29) is 6.61 Å². The third-order valence-electron chi connectivity index (χ3n) is 3.30. The number of hydrogen-bond acceptors (Lipinski definition) is 4. The molecular weight excluding hydrogens is 289 g/mol. The van der Waals surface area contributed by atoms with Gasteiger partial charge in [0.05, 0.1) is 13.2 Å². The highest BCUT2D eigenvalue weighted by Gasteiger charge is 2.58. The van der Waals surface area contributed by atoms with Crippen molar-refractivity contribution >= 4 is 0 Å². The van der Waals surface area contributed by atoms with Crippen molar-refractivity contribution in [2.75, 3.05) is 13.7 Å². The summed E-state index contributed by atoms with van der Waals surface area (Å²) < 4.78 is 55.7. The highest BCUT2D eigenvalue weighted by atomic mass is 19.3. The summed E-state index contributed by atoms with van der Waals surface area (Å²) in [5.74, 6) is -3.74. The Hall–Kier alpha value is -1.15. The summed E-state index contributed by atoms with van der Waals surface area (Å²) in [6.07, 6.45) is -8.10. The zero-order valence-corrected chi connectivity index (χ0v) is 11.4. The molecule has 1 N–H and O–H groups in total. The molecule has 1 saturated heterocycles. The molecule has 21 heavy (non-hydrogen) atoms. The SMILES string of the molecule is CO[C@@H]1O[C@H](COCc2ccccc2)C(F)(F)[C@H](O)[C@H]1F. The van der Waals surface area contributed by atoms with E-state index in [1.807, 2.05) is 6.07 Å². The van der Waals surface area contributed by atoms with Gasteiger partial charge in [0, 0.05) is 7.11 Å².